The minimum absolute atomic E-state index is 0.0227. The molecule has 0 saturated heterocycles. The van der Waals surface area contributed by atoms with Crippen LogP contribution in [0.2, 0.25) is 0 Å². The van der Waals surface area contributed by atoms with Crippen LogP contribution in [0.1, 0.15) is 70.4 Å². The summed E-state index contributed by atoms with van der Waals surface area (Å²) in [7, 11) is 0. The Kier molecular flexibility index (Phi) is 4.06. The summed E-state index contributed by atoms with van der Waals surface area (Å²) < 4.78 is 0. The topological polar surface area (TPSA) is 26.0 Å². The van der Waals surface area contributed by atoms with Crippen molar-refractivity contribution >= 4 is 0 Å². The first-order chi connectivity index (χ1) is 8.80. The summed E-state index contributed by atoms with van der Waals surface area (Å²) >= 11 is 0. The Balaban J connectivity index is 2.01. The zero-order chi connectivity index (χ0) is 14.1. The van der Waals surface area contributed by atoms with Crippen LogP contribution in [0.3, 0.4) is 0 Å². The molecule has 0 aromatic heterocycles. The molecule has 0 unspecified atom stereocenters. The van der Waals surface area contributed by atoms with Crippen LogP contribution in [0.25, 0.3) is 0 Å². The molecule has 0 spiro atoms. The monoisotopic (exact) mass is 259 g/mol. The van der Waals surface area contributed by atoms with E-state index in [2.05, 4.69) is 52.0 Å². The first kappa shape index (κ1) is 14.6. The molecule has 2 rings (SSSR count). The van der Waals surface area contributed by atoms with Gasteiger partial charge in [0.15, 0.2) is 0 Å². The van der Waals surface area contributed by atoms with Gasteiger partial charge in [-0.15, -0.1) is 0 Å². The Hall–Kier alpha value is -0.820. The first-order valence-electron chi connectivity index (χ1n) is 7.67. The van der Waals surface area contributed by atoms with E-state index < -0.39 is 0 Å². The van der Waals surface area contributed by atoms with Gasteiger partial charge in [0.05, 0.1) is 0 Å². The molecule has 0 heterocycles. The predicted octanol–water partition coefficient (Wildman–Crippen LogP) is 4.65. The highest BCUT2D eigenvalue weighted by Crippen LogP contribution is 2.40. The van der Waals surface area contributed by atoms with Crippen molar-refractivity contribution in [2.45, 2.75) is 71.3 Å². The quantitative estimate of drug-likeness (QED) is 0.840. The maximum Gasteiger partial charge on any atom is 0.0195 e. The van der Waals surface area contributed by atoms with Crippen molar-refractivity contribution in [2.24, 2.45) is 11.1 Å². The average Bonchev–Trinajstić information content (AvgIpc) is 2.34. The molecule has 0 amide bonds. The molecule has 106 valence electrons. The molecule has 1 aromatic rings. The third-order valence-electron chi connectivity index (χ3n) is 4.80. The normalized spacial score (nSPS) is 21.6. The van der Waals surface area contributed by atoms with Crippen LogP contribution in [0.4, 0.5) is 0 Å². The van der Waals surface area contributed by atoms with E-state index in [0.717, 1.165) is 19.3 Å². The summed E-state index contributed by atoms with van der Waals surface area (Å²) in [6, 6.07) is 9.06. The molecule has 1 nitrogen and oxygen atoms in total. The number of nitrogens with two attached hydrogens (primary N) is 1. The molecule has 0 atom stereocenters. The average molecular weight is 259 g/mol. The van der Waals surface area contributed by atoms with Gasteiger partial charge in [-0.2, -0.15) is 0 Å². The maximum absolute atomic E-state index is 6.61. The van der Waals surface area contributed by atoms with Crippen molar-refractivity contribution in [2.75, 3.05) is 0 Å². The molecular formula is C18H29N. The molecule has 1 aliphatic rings. The summed E-state index contributed by atoms with van der Waals surface area (Å²) in [5, 5.41) is 0. The summed E-state index contributed by atoms with van der Waals surface area (Å²) in [4.78, 5) is 0. The van der Waals surface area contributed by atoms with Crippen molar-refractivity contribution in [3.63, 3.8) is 0 Å². The fourth-order valence-electron chi connectivity index (χ4n) is 3.03. The van der Waals surface area contributed by atoms with Crippen molar-refractivity contribution in [3.05, 3.63) is 35.4 Å². The number of benzene rings is 1. The van der Waals surface area contributed by atoms with Gasteiger partial charge in [0.2, 0.25) is 0 Å². The molecule has 0 aliphatic heterocycles. The van der Waals surface area contributed by atoms with Gasteiger partial charge >= 0.3 is 0 Å². The van der Waals surface area contributed by atoms with Crippen LogP contribution in [0.5, 0.6) is 0 Å². The van der Waals surface area contributed by atoms with Gasteiger partial charge in [0.25, 0.3) is 0 Å². The fourth-order valence-corrected chi connectivity index (χ4v) is 3.03. The summed E-state index contributed by atoms with van der Waals surface area (Å²) in [5.41, 5.74) is 9.93. The van der Waals surface area contributed by atoms with E-state index >= 15 is 0 Å². The largest absolute Gasteiger partial charge is 0.325 e. The van der Waals surface area contributed by atoms with Gasteiger partial charge in [0.1, 0.15) is 0 Å². The third kappa shape index (κ3) is 3.82. The summed E-state index contributed by atoms with van der Waals surface area (Å²) in [6.07, 6.45) is 5.86. The van der Waals surface area contributed by atoms with E-state index in [1.54, 1.807) is 0 Å². The van der Waals surface area contributed by atoms with E-state index in [-0.39, 0.29) is 5.54 Å². The molecule has 0 radical (unpaired) electrons. The molecule has 1 heteroatoms. The fraction of sp³-hybridized carbons (Fsp3) is 0.667. The Morgan fingerprint density at radius 1 is 1.00 bits per heavy atom. The van der Waals surface area contributed by atoms with Crippen molar-refractivity contribution in [3.8, 4) is 0 Å². The molecule has 2 N–H and O–H groups in total. The Bertz CT molecular complexity index is 404. The number of rotatable bonds is 3. The second kappa shape index (κ2) is 5.28. The van der Waals surface area contributed by atoms with Crippen molar-refractivity contribution < 1.29 is 0 Å². The highest BCUT2D eigenvalue weighted by Gasteiger charge is 2.35. The number of hydrogen-bond donors (Lipinski definition) is 1. The number of hydrogen-bond acceptors (Lipinski definition) is 1. The lowest BCUT2D eigenvalue weighted by atomic mass is 9.68. The minimum Gasteiger partial charge on any atom is -0.325 e. The molecule has 1 aliphatic carbocycles. The van der Waals surface area contributed by atoms with Crippen LogP contribution in [-0.2, 0) is 6.42 Å². The highest BCUT2D eigenvalue weighted by molar-refractivity contribution is 5.26. The van der Waals surface area contributed by atoms with E-state index in [1.807, 2.05) is 0 Å². The van der Waals surface area contributed by atoms with Gasteiger partial charge in [-0.25, -0.2) is 0 Å². The molecule has 19 heavy (non-hydrogen) atoms. The van der Waals surface area contributed by atoms with Gasteiger partial charge < -0.3 is 5.73 Å². The second-order valence-corrected chi connectivity index (χ2v) is 7.60. The zero-order valence-corrected chi connectivity index (χ0v) is 13.0. The zero-order valence-electron chi connectivity index (χ0n) is 13.0. The molecule has 1 aromatic carbocycles. The second-order valence-electron chi connectivity index (χ2n) is 7.60. The van der Waals surface area contributed by atoms with Crippen molar-refractivity contribution in [1.29, 1.82) is 0 Å². The SMILES string of the molecule is CC(C)c1ccc(CC2(N)CCC(C)(C)CC2)cc1. The summed E-state index contributed by atoms with van der Waals surface area (Å²) in [6.45, 7) is 9.21. The minimum atomic E-state index is 0.0227. The van der Waals surface area contributed by atoms with Crippen LogP contribution in [0, 0.1) is 5.41 Å². The lowest BCUT2D eigenvalue weighted by Gasteiger charge is -2.41. The van der Waals surface area contributed by atoms with E-state index in [4.69, 9.17) is 5.73 Å². The van der Waals surface area contributed by atoms with Crippen LogP contribution in [0.15, 0.2) is 24.3 Å². The van der Waals surface area contributed by atoms with Gasteiger partial charge in [-0.1, -0.05) is 52.0 Å². The van der Waals surface area contributed by atoms with Crippen molar-refractivity contribution in [1.82, 2.24) is 0 Å². The predicted molar refractivity (Wildman–Crippen MR) is 83.4 cm³/mol. The Labute approximate surface area is 118 Å². The van der Waals surface area contributed by atoms with E-state index in [1.165, 1.54) is 24.0 Å². The van der Waals surface area contributed by atoms with Gasteiger partial charge in [0, 0.05) is 5.54 Å². The van der Waals surface area contributed by atoms with E-state index in [9.17, 15) is 0 Å². The third-order valence-corrected chi connectivity index (χ3v) is 4.80. The summed E-state index contributed by atoms with van der Waals surface area (Å²) in [5.74, 6) is 0.608. The highest BCUT2D eigenvalue weighted by atomic mass is 14.7. The Morgan fingerprint density at radius 3 is 2.00 bits per heavy atom. The molecule has 1 saturated carbocycles. The van der Waals surface area contributed by atoms with Gasteiger partial charge in [-0.3, -0.25) is 0 Å². The smallest absolute Gasteiger partial charge is 0.0195 e. The van der Waals surface area contributed by atoms with E-state index in [0.29, 0.717) is 11.3 Å². The van der Waals surface area contributed by atoms with Crippen LogP contribution < -0.4 is 5.73 Å². The molecule has 0 bridgehead atoms. The standard InChI is InChI=1S/C18H29N/c1-14(2)16-7-5-15(6-8-16)13-18(19)11-9-17(3,4)10-12-18/h5-8,14H,9-13,19H2,1-4H3. The first-order valence-corrected chi connectivity index (χ1v) is 7.67. The van der Waals surface area contributed by atoms with Gasteiger partial charge in [-0.05, 0) is 54.6 Å². The van der Waals surface area contributed by atoms with Crippen LogP contribution >= 0.6 is 0 Å². The molecular weight excluding hydrogens is 230 g/mol. The maximum atomic E-state index is 6.61. The Morgan fingerprint density at radius 2 is 1.53 bits per heavy atom. The lowest BCUT2D eigenvalue weighted by Crippen LogP contribution is -2.46. The lowest BCUT2D eigenvalue weighted by molar-refractivity contribution is 0.164. The molecule has 1 fully saturated rings. The van der Waals surface area contributed by atoms with Crippen LogP contribution in [-0.4, -0.2) is 5.54 Å².